The number of fused-ring (bicyclic) bond motifs is 1. The van der Waals surface area contributed by atoms with Gasteiger partial charge < -0.3 is 25.8 Å². The number of benzene rings is 2. The number of morpholine rings is 1. The molecule has 184 valence electrons. The molecule has 0 bridgehead atoms. The van der Waals surface area contributed by atoms with Gasteiger partial charge in [0, 0.05) is 31.6 Å². The Morgan fingerprint density at radius 3 is 2.46 bits per heavy atom. The quantitative estimate of drug-likeness (QED) is 0.410. The lowest BCUT2D eigenvalue weighted by Gasteiger charge is -2.32. The number of amides is 3. The van der Waals surface area contributed by atoms with Crippen LogP contribution >= 0.6 is 0 Å². The normalized spacial score (nSPS) is 22.8. The average molecular weight is 480 g/mol. The highest BCUT2D eigenvalue weighted by Gasteiger charge is 2.45. The van der Waals surface area contributed by atoms with E-state index in [1.54, 1.807) is 12.1 Å². The van der Waals surface area contributed by atoms with E-state index in [1.807, 2.05) is 12.1 Å². The predicted molar refractivity (Wildman–Crippen MR) is 127 cm³/mol. The third-order valence-electron chi connectivity index (χ3n) is 6.75. The van der Waals surface area contributed by atoms with Crippen LogP contribution in [-0.4, -0.2) is 59.9 Å². The summed E-state index contributed by atoms with van der Waals surface area (Å²) in [6.45, 7) is 4.51. The largest absolute Gasteiger partial charge is 0.486 e. The van der Waals surface area contributed by atoms with Crippen molar-refractivity contribution >= 4 is 23.4 Å². The molecule has 0 aliphatic carbocycles. The maximum Gasteiger partial charge on any atom is 0.256 e. The van der Waals surface area contributed by atoms with Crippen molar-refractivity contribution < 1.29 is 23.9 Å². The summed E-state index contributed by atoms with van der Waals surface area (Å²) in [6, 6.07) is 10.6. The van der Waals surface area contributed by atoms with Crippen molar-refractivity contribution in [1.29, 1.82) is 0 Å². The van der Waals surface area contributed by atoms with Crippen LogP contribution < -0.4 is 21.5 Å². The van der Waals surface area contributed by atoms with Gasteiger partial charge in [-0.2, -0.15) is 0 Å². The fourth-order valence-corrected chi connectivity index (χ4v) is 4.86. The highest BCUT2D eigenvalue weighted by Crippen LogP contribution is 2.42. The minimum absolute atomic E-state index is 0.149. The molecule has 2 unspecified atom stereocenters. The molecule has 10 heteroatoms. The van der Waals surface area contributed by atoms with E-state index in [1.165, 1.54) is 10.5 Å². The van der Waals surface area contributed by atoms with E-state index in [-0.39, 0.29) is 31.3 Å². The van der Waals surface area contributed by atoms with Gasteiger partial charge in [0.15, 0.2) is 0 Å². The number of hydrogen-bond donors (Lipinski definition) is 3. The highest BCUT2D eigenvalue weighted by atomic mass is 16.5. The summed E-state index contributed by atoms with van der Waals surface area (Å²) in [5.74, 6) is -0.909. The summed E-state index contributed by atoms with van der Waals surface area (Å²) in [5.41, 5.74) is 16.0. The number of ether oxygens (including phenoxy) is 2. The van der Waals surface area contributed by atoms with E-state index in [9.17, 15) is 14.4 Å². The molecule has 0 saturated carbocycles. The van der Waals surface area contributed by atoms with Gasteiger partial charge in [0.2, 0.25) is 11.8 Å². The van der Waals surface area contributed by atoms with Gasteiger partial charge in [-0.1, -0.05) is 24.3 Å². The SMILES string of the molecule is Nc1ccc2c(c1OCc1ccc(CN3CCOCC3)cc1)C(N)N(C1CCC(=O)NC1=O)C2=O. The van der Waals surface area contributed by atoms with Crippen molar-refractivity contribution in [2.24, 2.45) is 5.73 Å². The summed E-state index contributed by atoms with van der Waals surface area (Å²) < 4.78 is 11.5. The first-order valence-electron chi connectivity index (χ1n) is 11.8. The Labute approximate surface area is 203 Å². The van der Waals surface area contributed by atoms with Crippen LogP contribution in [0.15, 0.2) is 36.4 Å². The fraction of sp³-hybridized carbons (Fsp3) is 0.400. The van der Waals surface area contributed by atoms with Gasteiger partial charge in [-0.25, -0.2) is 0 Å². The second-order valence-electron chi connectivity index (χ2n) is 9.06. The molecule has 0 aromatic heterocycles. The van der Waals surface area contributed by atoms with Crippen molar-refractivity contribution in [3.63, 3.8) is 0 Å². The molecule has 2 aromatic carbocycles. The molecule has 3 aliphatic heterocycles. The number of nitrogen functional groups attached to an aromatic ring is 1. The van der Waals surface area contributed by atoms with Crippen molar-refractivity contribution in [2.45, 2.75) is 38.2 Å². The van der Waals surface area contributed by atoms with Gasteiger partial charge in [0.25, 0.3) is 5.91 Å². The van der Waals surface area contributed by atoms with Gasteiger partial charge >= 0.3 is 0 Å². The molecule has 5 rings (SSSR count). The summed E-state index contributed by atoms with van der Waals surface area (Å²) >= 11 is 0. The van der Waals surface area contributed by atoms with Gasteiger partial charge in [-0.3, -0.25) is 24.6 Å². The van der Waals surface area contributed by atoms with Crippen LogP contribution in [0.2, 0.25) is 0 Å². The Kier molecular flexibility index (Phi) is 6.42. The van der Waals surface area contributed by atoms with Crippen molar-refractivity contribution in [3.8, 4) is 5.75 Å². The summed E-state index contributed by atoms with van der Waals surface area (Å²) in [5, 5.41) is 2.28. The first kappa shape index (κ1) is 23.3. The van der Waals surface area contributed by atoms with Crippen LogP contribution in [0, 0.1) is 0 Å². The van der Waals surface area contributed by atoms with Gasteiger partial charge in [-0.05, 0) is 29.7 Å². The second kappa shape index (κ2) is 9.65. The molecule has 2 fully saturated rings. The van der Waals surface area contributed by atoms with Crippen LogP contribution in [0.25, 0.3) is 0 Å². The number of nitrogens with one attached hydrogen (secondary N) is 1. The van der Waals surface area contributed by atoms with Gasteiger partial charge in [-0.15, -0.1) is 0 Å². The molecule has 10 nitrogen and oxygen atoms in total. The Balaban J connectivity index is 1.30. The number of carbonyl (C=O) groups excluding carboxylic acids is 3. The first-order valence-corrected chi connectivity index (χ1v) is 11.8. The predicted octanol–water partition coefficient (Wildman–Crippen LogP) is 0.898. The molecule has 2 saturated heterocycles. The van der Waals surface area contributed by atoms with Crippen molar-refractivity contribution in [3.05, 3.63) is 58.7 Å². The number of piperidine rings is 1. The zero-order valence-corrected chi connectivity index (χ0v) is 19.4. The minimum Gasteiger partial charge on any atom is -0.486 e. The van der Waals surface area contributed by atoms with Crippen molar-refractivity contribution in [1.82, 2.24) is 15.1 Å². The number of imide groups is 1. The number of nitrogens with two attached hydrogens (primary N) is 2. The van der Waals surface area contributed by atoms with E-state index in [0.717, 1.165) is 38.4 Å². The molecular weight excluding hydrogens is 450 g/mol. The van der Waals surface area contributed by atoms with Crippen LogP contribution in [0.5, 0.6) is 5.75 Å². The number of anilines is 1. The van der Waals surface area contributed by atoms with Crippen LogP contribution in [0.4, 0.5) is 5.69 Å². The topological polar surface area (TPSA) is 140 Å². The lowest BCUT2D eigenvalue weighted by Crippen LogP contribution is -2.54. The number of rotatable bonds is 6. The van der Waals surface area contributed by atoms with E-state index < -0.39 is 18.1 Å². The molecule has 0 radical (unpaired) electrons. The van der Waals surface area contributed by atoms with E-state index in [0.29, 0.717) is 22.6 Å². The number of nitrogens with zero attached hydrogens (tertiary/aromatic N) is 2. The zero-order valence-electron chi connectivity index (χ0n) is 19.4. The molecule has 3 aliphatic rings. The molecular formula is C25H29N5O5. The highest BCUT2D eigenvalue weighted by molar-refractivity contribution is 6.06. The third kappa shape index (κ3) is 4.60. The van der Waals surface area contributed by atoms with Gasteiger partial charge in [0.05, 0.1) is 24.5 Å². The van der Waals surface area contributed by atoms with Crippen LogP contribution in [0.3, 0.4) is 0 Å². The monoisotopic (exact) mass is 479 g/mol. The number of carbonyl (C=O) groups is 3. The summed E-state index contributed by atoms with van der Waals surface area (Å²) in [7, 11) is 0. The van der Waals surface area contributed by atoms with E-state index in [4.69, 9.17) is 20.9 Å². The Bertz CT molecular complexity index is 1150. The fourth-order valence-electron chi connectivity index (χ4n) is 4.86. The first-order chi connectivity index (χ1) is 16.9. The van der Waals surface area contributed by atoms with Crippen LogP contribution in [0.1, 0.15) is 46.1 Å². The molecule has 3 heterocycles. The third-order valence-corrected chi connectivity index (χ3v) is 6.75. The molecule has 3 amide bonds. The Morgan fingerprint density at radius 1 is 1.03 bits per heavy atom. The van der Waals surface area contributed by atoms with Gasteiger partial charge in [0.1, 0.15) is 24.6 Å². The molecule has 2 aromatic rings. The Morgan fingerprint density at radius 2 is 1.74 bits per heavy atom. The second-order valence-corrected chi connectivity index (χ2v) is 9.06. The maximum absolute atomic E-state index is 13.1. The summed E-state index contributed by atoms with van der Waals surface area (Å²) in [6.07, 6.45) is -0.535. The smallest absolute Gasteiger partial charge is 0.256 e. The minimum atomic E-state index is -0.907. The molecule has 5 N–H and O–H groups in total. The molecule has 0 spiro atoms. The lowest BCUT2D eigenvalue weighted by molar-refractivity contribution is -0.137. The lowest BCUT2D eigenvalue weighted by atomic mass is 10.0. The molecule has 2 atom stereocenters. The maximum atomic E-state index is 13.1. The zero-order chi connectivity index (χ0) is 24.5. The van der Waals surface area contributed by atoms with Crippen molar-refractivity contribution in [2.75, 3.05) is 32.0 Å². The summed E-state index contributed by atoms with van der Waals surface area (Å²) in [4.78, 5) is 40.8. The molecule has 35 heavy (non-hydrogen) atoms. The standard InChI is InChI=1S/C25H29N5O5/c26-18-6-5-17-21(23(27)30(25(17)33)19-7-8-20(31)28-24(19)32)22(18)35-14-16-3-1-15(2-4-16)13-29-9-11-34-12-10-29/h1-6,19,23H,7-14,26-27H2,(H,28,31,32). The Hall–Kier alpha value is -3.47. The van der Waals surface area contributed by atoms with Crippen LogP contribution in [-0.2, 0) is 27.5 Å². The number of hydrogen-bond acceptors (Lipinski definition) is 8. The van der Waals surface area contributed by atoms with E-state index in [2.05, 4.69) is 22.3 Å². The average Bonchev–Trinajstić information content (AvgIpc) is 3.10. The van der Waals surface area contributed by atoms with E-state index >= 15 is 0 Å².